The maximum Gasteiger partial charge on any atom is 0.321 e. The quantitative estimate of drug-likeness (QED) is 0.726. The smallest absolute Gasteiger partial charge is 0.321 e. The van der Waals surface area contributed by atoms with Gasteiger partial charge >= 0.3 is 6.03 Å². The second kappa shape index (κ2) is 5.92. The van der Waals surface area contributed by atoms with E-state index >= 15 is 0 Å². The van der Waals surface area contributed by atoms with E-state index in [1.807, 2.05) is 11.1 Å². The predicted octanol–water partition coefficient (Wildman–Crippen LogP) is 3.03. The molecule has 1 saturated carbocycles. The minimum Gasteiger partial charge on any atom is -0.325 e. The first kappa shape index (κ1) is 11.5. The van der Waals surface area contributed by atoms with Crippen molar-refractivity contribution in [1.82, 2.24) is 10.2 Å². The fourth-order valence-corrected chi connectivity index (χ4v) is 2.50. The molecule has 1 N–H and O–H groups in total. The third kappa shape index (κ3) is 3.26. The van der Waals surface area contributed by atoms with Crippen molar-refractivity contribution in [1.29, 1.82) is 0 Å². The summed E-state index contributed by atoms with van der Waals surface area (Å²) < 4.78 is 0. The van der Waals surface area contributed by atoms with E-state index in [1.165, 1.54) is 44.1 Å². The minimum atomic E-state index is 0.0984. The average Bonchev–Trinajstić information content (AvgIpc) is 2.66. The molecule has 90 valence electrons. The fourth-order valence-electron chi connectivity index (χ4n) is 2.50. The van der Waals surface area contributed by atoms with E-state index in [4.69, 9.17) is 0 Å². The number of carbonyl (C=O) groups is 1. The first-order chi connectivity index (χ1) is 7.86. The lowest BCUT2D eigenvalue weighted by Crippen LogP contribution is -2.38. The first-order valence-corrected chi connectivity index (χ1v) is 6.59. The normalized spacial score (nSPS) is 21.8. The maximum absolute atomic E-state index is 11.9. The molecule has 0 atom stereocenters. The molecule has 1 aliphatic heterocycles. The first-order valence-electron chi connectivity index (χ1n) is 6.59. The zero-order chi connectivity index (χ0) is 11.2. The summed E-state index contributed by atoms with van der Waals surface area (Å²) >= 11 is 0. The lowest BCUT2D eigenvalue weighted by Gasteiger charge is -2.19. The van der Waals surface area contributed by atoms with Crippen molar-refractivity contribution in [3.8, 4) is 0 Å². The molecule has 1 aliphatic carbocycles. The van der Waals surface area contributed by atoms with Gasteiger partial charge in [0.25, 0.3) is 0 Å². The van der Waals surface area contributed by atoms with E-state index in [0.717, 1.165) is 25.9 Å². The Morgan fingerprint density at radius 1 is 1.00 bits per heavy atom. The number of allylic oxidation sites excluding steroid dienone is 1. The van der Waals surface area contributed by atoms with Gasteiger partial charge in [-0.2, -0.15) is 0 Å². The molecule has 3 nitrogen and oxygen atoms in total. The molecule has 0 aromatic rings. The molecule has 1 heterocycles. The van der Waals surface area contributed by atoms with Crippen LogP contribution in [0.4, 0.5) is 4.79 Å². The average molecular weight is 222 g/mol. The summed E-state index contributed by atoms with van der Waals surface area (Å²) in [5.41, 5.74) is 1.41. The van der Waals surface area contributed by atoms with E-state index < -0.39 is 0 Å². The van der Waals surface area contributed by atoms with Crippen molar-refractivity contribution >= 4 is 6.03 Å². The van der Waals surface area contributed by atoms with Crippen molar-refractivity contribution in [2.24, 2.45) is 0 Å². The van der Waals surface area contributed by atoms with Crippen molar-refractivity contribution in [2.75, 3.05) is 13.1 Å². The van der Waals surface area contributed by atoms with Gasteiger partial charge in [0.15, 0.2) is 0 Å². The van der Waals surface area contributed by atoms with E-state index in [9.17, 15) is 4.79 Å². The van der Waals surface area contributed by atoms with Crippen molar-refractivity contribution < 1.29 is 4.79 Å². The van der Waals surface area contributed by atoms with Crippen LogP contribution >= 0.6 is 0 Å². The minimum absolute atomic E-state index is 0.0984. The molecule has 3 heteroatoms. The third-order valence-electron chi connectivity index (χ3n) is 3.54. The molecule has 0 aromatic carbocycles. The summed E-state index contributed by atoms with van der Waals surface area (Å²) in [4.78, 5) is 13.8. The molecule has 0 unspecified atom stereocenters. The van der Waals surface area contributed by atoms with Gasteiger partial charge in [-0.1, -0.05) is 18.4 Å². The van der Waals surface area contributed by atoms with Crippen LogP contribution in [0, 0.1) is 0 Å². The standard InChI is InChI=1S/C13H22N2O/c16-13(14-11-12-7-3-4-8-12)15-9-5-1-2-6-10-15/h11H,1-10H2,(H,14,16). The van der Waals surface area contributed by atoms with E-state index in [0.29, 0.717) is 0 Å². The van der Waals surface area contributed by atoms with Crippen LogP contribution in [0.25, 0.3) is 0 Å². The van der Waals surface area contributed by atoms with Gasteiger partial charge in [0, 0.05) is 19.3 Å². The molecule has 0 radical (unpaired) electrons. The van der Waals surface area contributed by atoms with Crippen LogP contribution < -0.4 is 5.32 Å². The van der Waals surface area contributed by atoms with Gasteiger partial charge in [-0.05, 0) is 38.5 Å². The Morgan fingerprint density at radius 2 is 1.62 bits per heavy atom. The van der Waals surface area contributed by atoms with Crippen LogP contribution in [0.2, 0.25) is 0 Å². The number of hydrogen-bond acceptors (Lipinski definition) is 1. The number of urea groups is 1. The number of likely N-dealkylation sites (tertiary alicyclic amines) is 1. The Balaban J connectivity index is 1.79. The molecule has 0 bridgehead atoms. The number of amides is 2. The molecular formula is C13H22N2O. The molecule has 2 rings (SSSR count). The molecule has 2 aliphatic rings. The summed E-state index contributed by atoms with van der Waals surface area (Å²) in [5.74, 6) is 0. The summed E-state index contributed by atoms with van der Waals surface area (Å²) in [7, 11) is 0. The second-order valence-electron chi connectivity index (χ2n) is 4.86. The summed E-state index contributed by atoms with van der Waals surface area (Å²) in [6, 6.07) is 0.0984. The highest BCUT2D eigenvalue weighted by atomic mass is 16.2. The lowest BCUT2D eigenvalue weighted by atomic mass is 10.2. The highest BCUT2D eigenvalue weighted by molar-refractivity contribution is 5.75. The van der Waals surface area contributed by atoms with E-state index in [1.54, 1.807) is 0 Å². The SMILES string of the molecule is O=C(NC=C1CCCC1)N1CCCCCC1. The predicted molar refractivity (Wildman–Crippen MR) is 65.1 cm³/mol. The van der Waals surface area contributed by atoms with Gasteiger partial charge in [0.1, 0.15) is 0 Å². The van der Waals surface area contributed by atoms with Crippen LogP contribution in [0.1, 0.15) is 51.4 Å². The highest BCUT2D eigenvalue weighted by Crippen LogP contribution is 2.22. The summed E-state index contributed by atoms with van der Waals surface area (Å²) in [5, 5.41) is 2.95. The van der Waals surface area contributed by atoms with E-state index in [-0.39, 0.29) is 6.03 Å². The molecule has 0 aromatic heterocycles. The van der Waals surface area contributed by atoms with Crippen LogP contribution in [0.15, 0.2) is 11.8 Å². The van der Waals surface area contributed by atoms with Crippen molar-refractivity contribution in [3.05, 3.63) is 11.8 Å². The van der Waals surface area contributed by atoms with Crippen LogP contribution in [-0.2, 0) is 0 Å². The Labute approximate surface area is 97.9 Å². The third-order valence-corrected chi connectivity index (χ3v) is 3.54. The van der Waals surface area contributed by atoms with Crippen LogP contribution in [0.3, 0.4) is 0 Å². The largest absolute Gasteiger partial charge is 0.325 e. The lowest BCUT2D eigenvalue weighted by molar-refractivity contribution is 0.203. The topological polar surface area (TPSA) is 32.3 Å². The van der Waals surface area contributed by atoms with Crippen LogP contribution in [-0.4, -0.2) is 24.0 Å². The van der Waals surface area contributed by atoms with Gasteiger partial charge in [-0.15, -0.1) is 0 Å². The van der Waals surface area contributed by atoms with Gasteiger partial charge in [-0.25, -0.2) is 4.79 Å². The Bertz CT molecular complexity index is 257. The molecule has 2 fully saturated rings. The second-order valence-corrected chi connectivity index (χ2v) is 4.86. The zero-order valence-corrected chi connectivity index (χ0v) is 10.0. The van der Waals surface area contributed by atoms with Gasteiger partial charge < -0.3 is 10.2 Å². The number of hydrogen-bond donors (Lipinski definition) is 1. The fraction of sp³-hybridized carbons (Fsp3) is 0.769. The Hall–Kier alpha value is -0.990. The van der Waals surface area contributed by atoms with Gasteiger partial charge in [0.05, 0.1) is 0 Å². The molecule has 16 heavy (non-hydrogen) atoms. The van der Waals surface area contributed by atoms with Gasteiger partial charge in [0.2, 0.25) is 0 Å². The van der Waals surface area contributed by atoms with Crippen molar-refractivity contribution in [3.63, 3.8) is 0 Å². The number of rotatable bonds is 1. The molecule has 1 saturated heterocycles. The number of nitrogens with one attached hydrogen (secondary N) is 1. The molecular weight excluding hydrogens is 200 g/mol. The number of carbonyl (C=O) groups excluding carboxylic acids is 1. The Kier molecular flexibility index (Phi) is 4.25. The number of nitrogens with zero attached hydrogens (tertiary/aromatic N) is 1. The summed E-state index contributed by atoms with van der Waals surface area (Å²) in [6.07, 6.45) is 11.7. The molecule has 0 spiro atoms. The molecule has 2 amide bonds. The Morgan fingerprint density at radius 3 is 2.25 bits per heavy atom. The van der Waals surface area contributed by atoms with Crippen molar-refractivity contribution in [2.45, 2.75) is 51.4 Å². The monoisotopic (exact) mass is 222 g/mol. The summed E-state index contributed by atoms with van der Waals surface area (Å²) in [6.45, 7) is 1.85. The maximum atomic E-state index is 11.9. The zero-order valence-electron chi connectivity index (χ0n) is 10.0. The van der Waals surface area contributed by atoms with Gasteiger partial charge in [-0.3, -0.25) is 0 Å². The van der Waals surface area contributed by atoms with Crippen LogP contribution in [0.5, 0.6) is 0 Å². The van der Waals surface area contributed by atoms with E-state index in [2.05, 4.69) is 5.32 Å². The highest BCUT2D eigenvalue weighted by Gasteiger charge is 2.14.